The molecule has 3 N–H and O–H groups in total. The largest absolute Gasteiger partial charge is 0.398 e. The van der Waals surface area contributed by atoms with Crippen LogP contribution in [-0.2, 0) is 4.74 Å². The summed E-state index contributed by atoms with van der Waals surface area (Å²) in [5.41, 5.74) is 7.07. The fourth-order valence-electron chi connectivity index (χ4n) is 1.94. The molecule has 4 nitrogen and oxygen atoms in total. The van der Waals surface area contributed by atoms with Crippen LogP contribution in [0.3, 0.4) is 0 Å². The number of nitrogens with two attached hydrogens (primary N) is 1. The Morgan fingerprint density at radius 3 is 2.94 bits per heavy atom. The first-order chi connectivity index (χ1) is 7.74. The van der Waals surface area contributed by atoms with Gasteiger partial charge in [-0.1, -0.05) is 0 Å². The molecule has 2 unspecified atom stereocenters. The van der Waals surface area contributed by atoms with Crippen LogP contribution >= 0.6 is 0 Å². The average Bonchev–Trinajstić information content (AvgIpc) is 3.09. The van der Waals surface area contributed by atoms with Gasteiger partial charge in [0.25, 0.3) is 0 Å². The van der Waals surface area contributed by atoms with E-state index in [1.165, 1.54) is 0 Å². The lowest BCUT2D eigenvalue weighted by Crippen LogP contribution is -2.25. The molecule has 16 heavy (non-hydrogen) atoms. The van der Waals surface area contributed by atoms with Crippen molar-refractivity contribution in [3.05, 3.63) is 24.0 Å². The van der Waals surface area contributed by atoms with Crippen molar-refractivity contribution in [1.82, 2.24) is 4.98 Å². The SMILES string of the molecule is CCOC(C1CC1)C(O)c1cnccc1N. The van der Waals surface area contributed by atoms with Crippen molar-refractivity contribution in [2.75, 3.05) is 12.3 Å². The monoisotopic (exact) mass is 222 g/mol. The zero-order valence-electron chi connectivity index (χ0n) is 9.47. The zero-order valence-corrected chi connectivity index (χ0v) is 9.47. The first-order valence-corrected chi connectivity index (χ1v) is 5.73. The molecule has 1 saturated carbocycles. The summed E-state index contributed by atoms with van der Waals surface area (Å²) in [6.07, 6.45) is 4.69. The van der Waals surface area contributed by atoms with Gasteiger partial charge >= 0.3 is 0 Å². The Balaban J connectivity index is 2.15. The van der Waals surface area contributed by atoms with Crippen LogP contribution in [0.5, 0.6) is 0 Å². The summed E-state index contributed by atoms with van der Waals surface area (Å²) in [6.45, 7) is 2.55. The number of aromatic nitrogens is 1. The first kappa shape index (κ1) is 11.4. The average molecular weight is 222 g/mol. The highest BCUT2D eigenvalue weighted by atomic mass is 16.5. The highest BCUT2D eigenvalue weighted by molar-refractivity contribution is 5.46. The zero-order chi connectivity index (χ0) is 11.5. The second-order valence-electron chi connectivity index (χ2n) is 4.21. The van der Waals surface area contributed by atoms with Gasteiger partial charge in [-0.25, -0.2) is 0 Å². The summed E-state index contributed by atoms with van der Waals surface area (Å²) in [4.78, 5) is 3.99. The summed E-state index contributed by atoms with van der Waals surface area (Å²) < 4.78 is 5.60. The maximum atomic E-state index is 10.3. The van der Waals surface area contributed by atoms with Gasteiger partial charge in [0.2, 0.25) is 0 Å². The van der Waals surface area contributed by atoms with E-state index in [0.29, 0.717) is 23.8 Å². The molecule has 1 heterocycles. The number of rotatable bonds is 5. The quantitative estimate of drug-likeness (QED) is 0.792. The van der Waals surface area contributed by atoms with Crippen molar-refractivity contribution >= 4 is 5.69 Å². The summed E-state index contributed by atoms with van der Waals surface area (Å²) >= 11 is 0. The Bertz CT molecular complexity index is 353. The molecule has 0 amide bonds. The Hall–Kier alpha value is -1.13. The van der Waals surface area contributed by atoms with Gasteiger partial charge in [0.1, 0.15) is 6.10 Å². The molecule has 1 aromatic heterocycles. The van der Waals surface area contributed by atoms with Crippen LogP contribution in [0, 0.1) is 5.92 Å². The maximum absolute atomic E-state index is 10.3. The van der Waals surface area contributed by atoms with Crippen LogP contribution in [0.4, 0.5) is 5.69 Å². The van der Waals surface area contributed by atoms with Gasteiger partial charge in [-0.3, -0.25) is 4.98 Å². The molecule has 0 radical (unpaired) electrons. The highest BCUT2D eigenvalue weighted by Gasteiger charge is 2.37. The van der Waals surface area contributed by atoms with Gasteiger partial charge in [0.15, 0.2) is 0 Å². The van der Waals surface area contributed by atoms with Gasteiger partial charge in [-0.2, -0.15) is 0 Å². The Labute approximate surface area is 95.4 Å². The van der Waals surface area contributed by atoms with Gasteiger partial charge in [0.05, 0.1) is 6.10 Å². The van der Waals surface area contributed by atoms with Crippen molar-refractivity contribution in [1.29, 1.82) is 0 Å². The molecule has 1 aliphatic carbocycles. The van der Waals surface area contributed by atoms with Gasteiger partial charge in [0, 0.05) is 30.3 Å². The first-order valence-electron chi connectivity index (χ1n) is 5.73. The standard InChI is InChI=1S/C12H18N2O2/c1-2-16-12(8-3-4-8)11(15)9-7-14-6-5-10(9)13/h5-8,11-12,15H,2-4H2,1H3,(H2,13,14). The Morgan fingerprint density at radius 1 is 1.62 bits per heavy atom. The number of pyridine rings is 1. The number of aliphatic hydroxyl groups is 1. The minimum absolute atomic E-state index is 0.142. The fourth-order valence-corrected chi connectivity index (χ4v) is 1.94. The second-order valence-corrected chi connectivity index (χ2v) is 4.21. The van der Waals surface area contributed by atoms with E-state index >= 15 is 0 Å². The van der Waals surface area contributed by atoms with E-state index in [9.17, 15) is 5.11 Å². The van der Waals surface area contributed by atoms with E-state index in [1.807, 2.05) is 6.92 Å². The summed E-state index contributed by atoms with van der Waals surface area (Å²) in [5, 5.41) is 10.3. The lowest BCUT2D eigenvalue weighted by molar-refractivity contribution is -0.0460. The third kappa shape index (κ3) is 2.33. The number of anilines is 1. The van der Waals surface area contributed by atoms with E-state index in [2.05, 4.69) is 4.98 Å². The molecule has 1 aromatic rings. The van der Waals surface area contributed by atoms with Crippen molar-refractivity contribution in [2.24, 2.45) is 5.92 Å². The van der Waals surface area contributed by atoms with Crippen LogP contribution in [-0.4, -0.2) is 22.8 Å². The van der Waals surface area contributed by atoms with Crippen molar-refractivity contribution in [2.45, 2.75) is 32.0 Å². The molecular weight excluding hydrogens is 204 g/mol. The number of nitrogen functional groups attached to an aromatic ring is 1. The molecule has 2 rings (SSSR count). The predicted octanol–water partition coefficient (Wildman–Crippen LogP) is 1.51. The fraction of sp³-hybridized carbons (Fsp3) is 0.583. The minimum Gasteiger partial charge on any atom is -0.398 e. The van der Waals surface area contributed by atoms with Gasteiger partial charge in [-0.15, -0.1) is 0 Å². The molecule has 88 valence electrons. The lowest BCUT2D eigenvalue weighted by Gasteiger charge is -2.23. The number of hydrogen-bond donors (Lipinski definition) is 2. The summed E-state index contributed by atoms with van der Waals surface area (Å²) in [6, 6.07) is 1.70. The smallest absolute Gasteiger partial charge is 0.109 e. The molecule has 0 aromatic carbocycles. The normalized spacial score (nSPS) is 19.4. The molecule has 1 aliphatic rings. The van der Waals surface area contributed by atoms with Gasteiger partial charge in [-0.05, 0) is 31.7 Å². The topological polar surface area (TPSA) is 68.4 Å². The van der Waals surface area contributed by atoms with Crippen LogP contribution < -0.4 is 5.73 Å². The van der Waals surface area contributed by atoms with E-state index in [1.54, 1.807) is 18.5 Å². The molecule has 1 fully saturated rings. The molecule has 0 aliphatic heterocycles. The third-order valence-corrected chi connectivity index (χ3v) is 2.96. The molecule has 4 heteroatoms. The predicted molar refractivity (Wildman–Crippen MR) is 61.7 cm³/mol. The molecular formula is C12H18N2O2. The molecule has 2 atom stereocenters. The molecule has 0 spiro atoms. The van der Waals surface area contributed by atoms with Crippen molar-refractivity contribution < 1.29 is 9.84 Å². The van der Waals surface area contributed by atoms with E-state index in [0.717, 1.165) is 12.8 Å². The number of aliphatic hydroxyl groups excluding tert-OH is 1. The Morgan fingerprint density at radius 2 is 2.38 bits per heavy atom. The lowest BCUT2D eigenvalue weighted by atomic mass is 10.0. The second kappa shape index (κ2) is 4.80. The molecule has 0 saturated heterocycles. The van der Waals surface area contributed by atoms with E-state index < -0.39 is 6.10 Å². The van der Waals surface area contributed by atoms with Crippen LogP contribution in [0.25, 0.3) is 0 Å². The number of ether oxygens (including phenoxy) is 1. The third-order valence-electron chi connectivity index (χ3n) is 2.96. The van der Waals surface area contributed by atoms with Gasteiger partial charge < -0.3 is 15.6 Å². The van der Waals surface area contributed by atoms with Crippen LogP contribution in [0.2, 0.25) is 0 Å². The Kier molecular flexibility index (Phi) is 3.41. The molecule has 0 bridgehead atoms. The summed E-state index contributed by atoms with van der Waals surface area (Å²) in [5.74, 6) is 0.467. The maximum Gasteiger partial charge on any atom is 0.109 e. The highest BCUT2D eigenvalue weighted by Crippen LogP contribution is 2.40. The van der Waals surface area contributed by atoms with Crippen molar-refractivity contribution in [3.63, 3.8) is 0 Å². The van der Waals surface area contributed by atoms with Crippen LogP contribution in [0.1, 0.15) is 31.4 Å². The van der Waals surface area contributed by atoms with Crippen LogP contribution in [0.15, 0.2) is 18.5 Å². The number of hydrogen-bond acceptors (Lipinski definition) is 4. The summed E-state index contributed by atoms with van der Waals surface area (Å²) in [7, 11) is 0. The van der Waals surface area contributed by atoms with E-state index in [-0.39, 0.29) is 6.10 Å². The minimum atomic E-state index is -0.666. The van der Waals surface area contributed by atoms with E-state index in [4.69, 9.17) is 10.5 Å². The van der Waals surface area contributed by atoms with Crippen molar-refractivity contribution in [3.8, 4) is 0 Å². The number of nitrogens with zero attached hydrogens (tertiary/aromatic N) is 1.